The first-order valence-electron chi connectivity index (χ1n) is 6.17. The average molecular weight is 337 g/mol. The Morgan fingerprint density at radius 3 is 2.85 bits per heavy atom. The van der Waals surface area contributed by atoms with E-state index in [1.807, 2.05) is 18.2 Å². The highest BCUT2D eigenvalue weighted by Crippen LogP contribution is 2.34. The summed E-state index contributed by atoms with van der Waals surface area (Å²) in [5.41, 5.74) is 6.43. The maximum Gasteiger partial charge on any atom is 0.222 e. The number of fused-ring (bicyclic) bond motifs is 1. The van der Waals surface area contributed by atoms with E-state index < -0.39 is 0 Å². The van der Waals surface area contributed by atoms with E-state index in [0.29, 0.717) is 19.0 Å². The Bertz CT molecular complexity index is 636. The topological polar surface area (TPSA) is 82.3 Å². The number of ether oxygens (including phenoxy) is 2. The summed E-state index contributed by atoms with van der Waals surface area (Å²) in [6, 6.07) is 5.66. The third kappa shape index (κ3) is 2.77. The molecule has 0 saturated heterocycles. The zero-order chi connectivity index (χ0) is 13.9. The summed E-state index contributed by atoms with van der Waals surface area (Å²) >= 11 is 3.38. The second-order valence-electron chi connectivity index (χ2n) is 4.26. The molecule has 1 aliphatic heterocycles. The van der Waals surface area contributed by atoms with Gasteiger partial charge < -0.3 is 20.5 Å². The van der Waals surface area contributed by atoms with Crippen LogP contribution >= 0.6 is 15.9 Å². The van der Waals surface area contributed by atoms with Gasteiger partial charge in [0.25, 0.3) is 0 Å². The zero-order valence-corrected chi connectivity index (χ0v) is 12.2. The summed E-state index contributed by atoms with van der Waals surface area (Å²) in [5, 5.41) is 3.17. The number of hydrogen-bond donors (Lipinski definition) is 2. The molecule has 1 aliphatic rings. The van der Waals surface area contributed by atoms with Crippen molar-refractivity contribution in [3.8, 4) is 11.5 Å². The van der Waals surface area contributed by atoms with Gasteiger partial charge in [-0.25, -0.2) is 4.98 Å². The lowest BCUT2D eigenvalue weighted by molar-refractivity contribution is 0.297. The molecule has 1 aromatic heterocycles. The molecule has 3 N–H and O–H groups in total. The van der Waals surface area contributed by atoms with E-state index in [4.69, 9.17) is 15.2 Å². The molecule has 7 heteroatoms. The summed E-state index contributed by atoms with van der Waals surface area (Å²) in [5.74, 6) is 2.30. The Kier molecular flexibility index (Phi) is 3.60. The van der Waals surface area contributed by atoms with Crippen molar-refractivity contribution in [2.45, 2.75) is 6.42 Å². The highest BCUT2D eigenvalue weighted by Gasteiger charge is 2.11. The van der Waals surface area contributed by atoms with Gasteiger partial charge in [0.1, 0.15) is 5.82 Å². The van der Waals surface area contributed by atoms with Crippen molar-refractivity contribution in [1.82, 2.24) is 9.97 Å². The van der Waals surface area contributed by atoms with E-state index in [1.165, 1.54) is 0 Å². The van der Waals surface area contributed by atoms with Gasteiger partial charge in [0.05, 0.1) is 17.7 Å². The molecule has 0 spiro atoms. The summed E-state index contributed by atoms with van der Waals surface area (Å²) in [6.45, 7) is 1.33. The molecular weight excluding hydrogens is 324 g/mol. The molecular formula is C13H13BrN4O2. The molecule has 0 atom stereocenters. The number of nitrogens with one attached hydrogen (secondary N) is 1. The third-order valence-corrected chi connectivity index (χ3v) is 3.35. The van der Waals surface area contributed by atoms with E-state index >= 15 is 0 Å². The Morgan fingerprint density at radius 1 is 1.20 bits per heavy atom. The molecule has 0 fully saturated rings. The van der Waals surface area contributed by atoms with Gasteiger partial charge in [0, 0.05) is 24.4 Å². The summed E-state index contributed by atoms with van der Waals surface area (Å²) in [7, 11) is 0. The molecule has 3 rings (SSSR count). The van der Waals surface area contributed by atoms with Crippen LogP contribution in [0.3, 0.4) is 0 Å². The first-order valence-corrected chi connectivity index (χ1v) is 6.96. The van der Waals surface area contributed by atoms with Crippen molar-refractivity contribution in [3.05, 3.63) is 28.9 Å². The number of nitrogens with two attached hydrogens (primary N) is 1. The van der Waals surface area contributed by atoms with E-state index in [1.54, 1.807) is 6.20 Å². The van der Waals surface area contributed by atoms with Gasteiger partial charge in [-0.2, -0.15) is 4.98 Å². The number of hydrogen-bond acceptors (Lipinski definition) is 6. The first-order chi connectivity index (χ1) is 9.72. The molecule has 0 amide bonds. The number of aromatic nitrogens is 2. The van der Waals surface area contributed by atoms with Crippen LogP contribution < -0.4 is 20.5 Å². The van der Waals surface area contributed by atoms with Crippen molar-refractivity contribution < 1.29 is 9.47 Å². The van der Waals surface area contributed by atoms with Crippen LogP contribution in [0.2, 0.25) is 0 Å². The lowest BCUT2D eigenvalue weighted by Crippen LogP contribution is -2.01. The Labute approximate surface area is 124 Å². The monoisotopic (exact) mass is 336 g/mol. The van der Waals surface area contributed by atoms with Crippen molar-refractivity contribution in [1.29, 1.82) is 0 Å². The maximum atomic E-state index is 5.65. The minimum atomic E-state index is 0.213. The van der Waals surface area contributed by atoms with Crippen molar-refractivity contribution in [3.63, 3.8) is 0 Å². The van der Waals surface area contributed by atoms with E-state index in [0.717, 1.165) is 28.1 Å². The van der Waals surface area contributed by atoms with Crippen LogP contribution in [0.25, 0.3) is 0 Å². The normalized spacial score (nSPS) is 13.7. The average Bonchev–Trinajstić information content (AvgIpc) is 2.67. The molecule has 2 heterocycles. The molecule has 20 heavy (non-hydrogen) atoms. The third-order valence-electron chi connectivity index (χ3n) is 2.77. The number of anilines is 3. The molecule has 104 valence electrons. The fourth-order valence-electron chi connectivity index (χ4n) is 1.85. The van der Waals surface area contributed by atoms with Crippen molar-refractivity contribution in [2.24, 2.45) is 0 Å². The van der Waals surface area contributed by atoms with E-state index in [2.05, 4.69) is 31.2 Å². The predicted octanol–water partition coefficient (Wildman–Crippen LogP) is 2.73. The van der Waals surface area contributed by atoms with Gasteiger partial charge in [-0.3, -0.25) is 0 Å². The largest absolute Gasteiger partial charge is 0.490 e. The van der Waals surface area contributed by atoms with Crippen LogP contribution in [0.5, 0.6) is 11.5 Å². The summed E-state index contributed by atoms with van der Waals surface area (Å²) < 4.78 is 12.0. The van der Waals surface area contributed by atoms with Gasteiger partial charge >= 0.3 is 0 Å². The minimum absolute atomic E-state index is 0.213. The SMILES string of the molecule is Nc1ncc(Br)c(Nc2ccc3c(c2)OCCCO3)n1. The van der Waals surface area contributed by atoms with Gasteiger partial charge in [0.15, 0.2) is 11.5 Å². The lowest BCUT2D eigenvalue weighted by Gasteiger charge is -2.11. The van der Waals surface area contributed by atoms with Gasteiger partial charge in [0.2, 0.25) is 5.95 Å². The molecule has 0 saturated carbocycles. The fraction of sp³-hybridized carbons (Fsp3) is 0.231. The van der Waals surface area contributed by atoms with E-state index in [-0.39, 0.29) is 5.95 Å². The molecule has 0 aliphatic carbocycles. The van der Waals surface area contributed by atoms with Crippen LogP contribution in [-0.4, -0.2) is 23.2 Å². The molecule has 6 nitrogen and oxygen atoms in total. The van der Waals surface area contributed by atoms with Crippen LogP contribution in [0.4, 0.5) is 17.5 Å². The molecule has 1 aromatic carbocycles. The highest BCUT2D eigenvalue weighted by molar-refractivity contribution is 9.10. The molecule has 2 aromatic rings. The fourth-order valence-corrected chi connectivity index (χ4v) is 2.14. The molecule has 0 bridgehead atoms. The van der Waals surface area contributed by atoms with Crippen LogP contribution in [0, 0.1) is 0 Å². The van der Waals surface area contributed by atoms with Crippen LogP contribution in [0.1, 0.15) is 6.42 Å². The summed E-state index contributed by atoms with van der Waals surface area (Å²) in [6.07, 6.45) is 2.49. The number of benzene rings is 1. The Balaban J connectivity index is 1.87. The quantitative estimate of drug-likeness (QED) is 0.877. The smallest absolute Gasteiger partial charge is 0.222 e. The second kappa shape index (κ2) is 5.54. The summed E-state index contributed by atoms with van der Waals surface area (Å²) in [4.78, 5) is 8.03. The number of nitrogen functional groups attached to an aromatic ring is 1. The number of halogens is 1. The Morgan fingerprint density at radius 2 is 2.00 bits per heavy atom. The van der Waals surface area contributed by atoms with E-state index in [9.17, 15) is 0 Å². The predicted molar refractivity (Wildman–Crippen MR) is 79.5 cm³/mol. The number of rotatable bonds is 2. The molecule has 0 radical (unpaired) electrons. The van der Waals surface area contributed by atoms with Crippen LogP contribution in [-0.2, 0) is 0 Å². The van der Waals surface area contributed by atoms with Crippen LogP contribution in [0.15, 0.2) is 28.9 Å². The van der Waals surface area contributed by atoms with Crippen molar-refractivity contribution in [2.75, 3.05) is 24.3 Å². The van der Waals surface area contributed by atoms with Gasteiger partial charge in [-0.1, -0.05) is 0 Å². The second-order valence-corrected chi connectivity index (χ2v) is 5.12. The number of nitrogens with zero attached hydrogens (tertiary/aromatic N) is 2. The minimum Gasteiger partial charge on any atom is -0.490 e. The highest BCUT2D eigenvalue weighted by atomic mass is 79.9. The maximum absolute atomic E-state index is 5.65. The Hall–Kier alpha value is -2.02. The van der Waals surface area contributed by atoms with Gasteiger partial charge in [-0.05, 0) is 28.1 Å². The lowest BCUT2D eigenvalue weighted by atomic mass is 10.2. The zero-order valence-electron chi connectivity index (χ0n) is 10.6. The molecule has 0 unspecified atom stereocenters. The standard InChI is InChI=1S/C13H13BrN4O2/c14-9-7-16-13(15)18-12(9)17-8-2-3-10-11(6-8)20-5-1-4-19-10/h2-3,6-7H,1,4-5H2,(H3,15,16,17,18). The van der Waals surface area contributed by atoms with Crippen molar-refractivity contribution >= 4 is 33.4 Å². The first kappa shape index (κ1) is 13.0. The van der Waals surface area contributed by atoms with Gasteiger partial charge in [-0.15, -0.1) is 0 Å².